The van der Waals surface area contributed by atoms with Gasteiger partial charge in [-0.25, -0.2) is 8.78 Å². The lowest BCUT2D eigenvalue weighted by atomic mass is 9.66. The lowest BCUT2D eigenvalue weighted by molar-refractivity contribution is -0.167. The summed E-state index contributed by atoms with van der Waals surface area (Å²) in [4.78, 5) is 22.0. The van der Waals surface area contributed by atoms with Crippen molar-refractivity contribution in [3.05, 3.63) is 11.1 Å². The van der Waals surface area contributed by atoms with Gasteiger partial charge in [-0.3, -0.25) is 9.59 Å². The number of alkyl halides is 2. The van der Waals surface area contributed by atoms with Crippen molar-refractivity contribution in [2.75, 3.05) is 0 Å². The minimum atomic E-state index is -3.18. The molecule has 0 aromatic rings. The normalized spacial score (nSPS) is 33.4. The number of carboxylic acid groups (broad SMARTS) is 2. The Morgan fingerprint density at radius 1 is 1.41 bits per heavy atom. The van der Waals surface area contributed by atoms with E-state index in [9.17, 15) is 18.4 Å². The van der Waals surface area contributed by atoms with Crippen molar-refractivity contribution in [3.8, 4) is 0 Å². The fourth-order valence-electron chi connectivity index (χ4n) is 2.00. The second-order valence-electron chi connectivity index (χ2n) is 4.43. The van der Waals surface area contributed by atoms with Crippen molar-refractivity contribution < 1.29 is 28.6 Å². The van der Waals surface area contributed by atoms with Gasteiger partial charge in [0.1, 0.15) is 5.41 Å². The van der Waals surface area contributed by atoms with Crippen LogP contribution < -0.4 is 0 Å². The third-order valence-electron chi connectivity index (χ3n) is 2.97. The molecule has 1 aliphatic rings. The van der Waals surface area contributed by atoms with Crippen LogP contribution in [-0.4, -0.2) is 28.6 Å². The molecule has 0 aliphatic heterocycles. The number of rotatable bonds is 3. The van der Waals surface area contributed by atoms with Gasteiger partial charge in [-0.15, -0.1) is 0 Å². The molecule has 2 N–H and O–H groups in total. The predicted octanol–water partition coefficient (Wildman–Crippen LogP) is 2.33. The van der Waals surface area contributed by atoms with Crippen LogP contribution in [-0.2, 0) is 9.59 Å². The molecule has 1 rings (SSSR count). The first-order chi connectivity index (χ1) is 7.64. The number of carbonyl (C=O) groups is 2. The maximum absolute atomic E-state index is 12.9. The average Bonchev–Trinajstić information content (AvgIpc) is 2.15. The van der Waals surface area contributed by atoms with Crippen LogP contribution in [0.4, 0.5) is 8.78 Å². The molecule has 0 radical (unpaired) electrons. The van der Waals surface area contributed by atoms with Gasteiger partial charge in [0.15, 0.2) is 0 Å². The third-order valence-corrected chi connectivity index (χ3v) is 3.22. The van der Waals surface area contributed by atoms with Crippen molar-refractivity contribution in [3.63, 3.8) is 0 Å². The highest BCUT2D eigenvalue weighted by Crippen LogP contribution is 2.49. The number of allylic oxidation sites excluding steroid dienone is 1. The molecule has 0 amide bonds. The van der Waals surface area contributed by atoms with Gasteiger partial charge >= 0.3 is 11.9 Å². The van der Waals surface area contributed by atoms with E-state index in [0.29, 0.717) is 0 Å². The minimum Gasteiger partial charge on any atom is -0.481 e. The largest absolute Gasteiger partial charge is 0.481 e. The summed E-state index contributed by atoms with van der Waals surface area (Å²) in [5.41, 5.74) is -4.12. The van der Waals surface area contributed by atoms with Crippen LogP contribution in [0.2, 0.25) is 0 Å². The van der Waals surface area contributed by atoms with Crippen LogP contribution in [0.25, 0.3) is 0 Å². The molecule has 96 valence electrons. The summed E-state index contributed by atoms with van der Waals surface area (Å²) >= 11 is 5.62. The summed E-state index contributed by atoms with van der Waals surface area (Å²) in [6.45, 7) is 1.18. The van der Waals surface area contributed by atoms with Gasteiger partial charge in [0.2, 0.25) is 0 Å². The van der Waals surface area contributed by atoms with Gasteiger partial charge in [-0.2, -0.15) is 0 Å². The van der Waals surface area contributed by atoms with E-state index in [1.165, 1.54) is 6.92 Å². The molecule has 0 bridgehead atoms. The summed E-state index contributed by atoms with van der Waals surface area (Å²) in [7, 11) is 0. The van der Waals surface area contributed by atoms with Crippen LogP contribution in [0.15, 0.2) is 11.1 Å². The summed E-state index contributed by atoms with van der Waals surface area (Å²) in [5, 5.41) is 17.7. The zero-order valence-electron chi connectivity index (χ0n) is 8.91. The molecule has 0 heterocycles. The fourth-order valence-corrected chi connectivity index (χ4v) is 2.48. The lowest BCUT2D eigenvalue weighted by Gasteiger charge is -2.38. The Balaban J connectivity index is 3.28. The predicted molar refractivity (Wildman–Crippen MR) is 55.0 cm³/mol. The monoisotopic (exact) mass is 268 g/mol. The van der Waals surface area contributed by atoms with Crippen LogP contribution in [0.3, 0.4) is 0 Å². The van der Waals surface area contributed by atoms with Crippen LogP contribution in [0.1, 0.15) is 19.8 Å². The molecule has 0 saturated carbocycles. The Morgan fingerprint density at radius 3 is 2.29 bits per heavy atom. The zero-order chi connectivity index (χ0) is 13.4. The van der Waals surface area contributed by atoms with E-state index in [-0.39, 0.29) is 5.03 Å². The van der Waals surface area contributed by atoms with E-state index < -0.39 is 42.0 Å². The highest BCUT2D eigenvalue weighted by Gasteiger charge is 2.56. The molecule has 4 nitrogen and oxygen atoms in total. The molecule has 0 aromatic heterocycles. The molecule has 1 aliphatic carbocycles. The molecule has 0 fully saturated rings. The van der Waals surface area contributed by atoms with Gasteiger partial charge in [0.25, 0.3) is 6.43 Å². The Labute approximate surface area is 101 Å². The first kappa shape index (κ1) is 13.9. The number of halogens is 3. The van der Waals surface area contributed by atoms with E-state index in [0.717, 1.165) is 6.08 Å². The standard InChI is InChI=1S/C10H11ClF2O4/c1-9(7(14)15)2-5(11)3-10(4-9,6(12)13)8(16)17/h2,6H,3-4H2,1H3,(H,14,15)(H,16,17). The fraction of sp³-hybridized carbons (Fsp3) is 0.600. The topological polar surface area (TPSA) is 74.6 Å². The van der Waals surface area contributed by atoms with Crippen molar-refractivity contribution >= 4 is 23.5 Å². The highest BCUT2D eigenvalue weighted by molar-refractivity contribution is 6.30. The number of hydrogen-bond acceptors (Lipinski definition) is 2. The van der Waals surface area contributed by atoms with Crippen molar-refractivity contribution in [1.82, 2.24) is 0 Å². The Morgan fingerprint density at radius 2 is 1.94 bits per heavy atom. The maximum Gasteiger partial charge on any atom is 0.315 e. The van der Waals surface area contributed by atoms with Gasteiger partial charge in [-0.1, -0.05) is 17.7 Å². The smallest absolute Gasteiger partial charge is 0.315 e. The van der Waals surface area contributed by atoms with Crippen molar-refractivity contribution in [1.29, 1.82) is 0 Å². The van der Waals surface area contributed by atoms with Crippen LogP contribution in [0.5, 0.6) is 0 Å². The summed E-state index contributed by atoms with van der Waals surface area (Å²) in [6, 6.07) is 0. The molecule has 2 unspecified atom stereocenters. The van der Waals surface area contributed by atoms with E-state index in [1.807, 2.05) is 0 Å². The Hall–Kier alpha value is -1.17. The Kier molecular flexibility index (Phi) is 3.47. The second kappa shape index (κ2) is 4.25. The summed E-state index contributed by atoms with van der Waals surface area (Å²) in [5.74, 6) is -3.10. The van der Waals surface area contributed by atoms with E-state index in [1.54, 1.807) is 0 Å². The van der Waals surface area contributed by atoms with Crippen molar-refractivity contribution in [2.24, 2.45) is 10.8 Å². The minimum absolute atomic E-state index is 0.163. The van der Waals surface area contributed by atoms with Gasteiger partial charge < -0.3 is 10.2 Å². The summed E-state index contributed by atoms with van der Waals surface area (Å²) in [6.07, 6.45) is -3.29. The van der Waals surface area contributed by atoms with E-state index in [2.05, 4.69) is 0 Å². The first-order valence-electron chi connectivity index (χ1n) is 4.76. The average molecular weight is 269 g/mol. The van der Waals surface area contributed by atoms with E-state index in [4.69, 9.17) is 21.8 Å². The number of aliphatic carboxylic acids is 2. The molecular weight excluding hydrogens is 258 g/mol. The molecule has 0 saturated heterocycles. The molecule has 0 spiro atoms. The van der Waals surface area contributed by atoms with Gasteiger partial charge in [0.05, 0.1) is 5.41 Å². The maximum atomic E-state index is 12.9. The van der Waals surface area contributed by atoms with Crippen molar-refractivity contribution in [2.45, 2.75) is 26.2 Å². The quantitative estimate of drug-likeness (QED) is 0.824. The number of carboxylic acids is 2. The zero-order valence-corrected chi connectivity index (χ0v) is 9.67. The molecule has 17 heavy (non-hydrogen) atoms. The van der Waals surface area contributed by atoms with E-state index >= 15 is 0 Å². The van der Waals surface area contributed by atoms with Gasteiger partial charge in [0, 0.05) is 11.5 Å². The lowest BCUT2D eigenvalue weighted by Crippen LogP contribution is -2.47. The Bertz CT molecular complexity index is 396. The molecular formula is C10H11ClF2O4. The second-order valence-corrected chi connectivity index (χ2v) is 4.91. The number of hydrogen-bond donors (Lipinski definition) is 2. The van der Waals surface area contributed by atoms with Crippen LogP contribution in [0, 0.1) is 10.8 Å². The highest BCUT2D eigenvalue weighted by atomic mass is 35.5. The van der Waals surface area contributed by atoms with Gasteiger partial charge in [-0.05, 0) is 13.3 Å². The third kappa shape index (κ3) is 2.26. The van der Waals surface area contributed by atoms with Crippen LogP contribution >= 0.6 is 11.6 Å². The summed E-state index contributed by atoms with van der Waals surface area (Å²) < 4.78 is 25.9. The molecule has 0 aromatic carbocycles. The molecule has 2 atom stereocenters. The first-order valence-corrected chi connectivity index (χ1v) is 5.14. The molecule has 7 heteroatoms. The SMILES string of the molecule is CC1(C(=O)O)C=C(Cl)CC(C(=O)O)(C(F)F)C1.